The van der Waals surface area contributed by atoms with E-state index in [0.717, 1.165) is 10.5 Å². The maximum Gasteiger partial charge on any atom is 0.408 e. The van der Waals surface area contributed by atoms with Crippen LogP contribution >= 0.6 is 0 Å². The number of alkyl carbamates (subject to hydrolysis) is 1. The monoisotopic (exact) mass is 366 g/mol. The highest BCUT2D eigenvalue weighted by molar-refractivity contribution is 5.88. The summed E-state index contributed by atoms with van der Waals surface area (Å²) in [6, 6.07) is 8.28. The maximum atomic E-state index is 12.4. The molecule has 0 saturated carbocycles. The highest BCUT2D eigenvalue weighted by atomic mass is 16.6. The number of hydrogen-bond donors (Lipinski definition) is 2. The van der Waals surface area contributed by atoms with E-state index in [9.17, 15) is 14.4 Å². The van der Waals surface area contributed by atoms with Crippen molar-refractivity contribution in [2.24, 2.45) is 0 Å². The Morgan fingerprint density at radius 1 is 1.19 bits per heavy atom. The van der Waals surface area contributed by atoms with Crippen LogP contribution in [-0.4, -0.2) is 59.8 Å². The Morgan fingerprint density at radius 2 is 1.81 bits per heavy atom. The molecule has 0 bridgehead atoms. The first-order valence-corrected chi connectivity index (χ1v) is 8.16. The lowest BCUT2D eigenvalue weighted by molar-refractivity contribution is -0.144. The van der Waals surface area contributed by atoms with Gasteiger partial charge in [-0.3, -0.25) is 9.59 Å². The van der Waals surface area contributed by atoms with Gasteiger partial charge in [0.15, 0.2) is 0 Å². The minimum Gasteiger partial charge on any atom is -0.480 e. The SMILES string of the molecule is CN(CC(=O)O)C(=O)[C@H](COCc1ccccc1)NC(=O)OC(C)(C)C. The number of hydrogen-bond acceptors (Lipinski definition) is 5. The lowest BCUT2D eigenvalue weighted by Crippen LogP contribution is -2.51. The third-order valence-corrected chi connectivity index (χ3v) is 3.13. The normalized spacial score (nSPS) is 12.2. The Morgan fingerprint density at radius 3 is 2.35 bits per heavy atom. The number of carboxylic acids is 1. The summed E-state index contributed by atoms with van der Waals surface area (Å²) in [7, 11) is 1.34. The van der Waals surface area contributed by atoms with Gasteiger partial charge in [0.1, 0.15) is 18.2 Å². The molecule has 2 N–H and O–H groups in total. The number of likely N-dealkylation sites (N-methyl/N-ethyl adjacent to an activating group) is 1. The largest absolute Gasteiger partial charge is 0.480 e. The van der Waals surface area contributed by atoms with E-state index in [0.29, 0.717) is 0 Å². The van der Waals surface area contributed by atoms with Crippen LogP contribution < -0.4 is 5.32 Å². The molecule has 8 heteroatoms. The minimum atomic E-state index is -1.15. The molecule has 1 atom stereocenters. The minimum absolute atomic E-state index is 0.114. The molecule has 1 aromatic rings. The second-order valence-corrected chi connectivity index (χ2v) is 6.79. The smallest absolute Gasteiger partial charge is 0.408 e. The van der Waals surface area contributed by atoms with E-state index < -0.39 is 36.2 Å². The highest BCUT2D eigenvalue weighted by Crippen LogP contribution is 2.08. The van der Waals surface area contributed by atoms with Crippen molar-refractivity contribution in [3.63, 3.8) is 0 Å². The van der Waals surface area contributed by atoms with Crippen molar-refractivity contribution >= 4 is 18.0 Å². The van der Waals surface area contributed by atoms with Crippen LogP contribution in [0.15, 0.2) is 30.3 Å². The lowest BCUT2D eigenvalue weighted by atomic mass is 10.2. The van der Waals surface area contributed by atoms with Crippen LogP contribution in [0, 0.1) is 0 Å². The van der Waals surface area contributed by atoms with Crippen molar-refractivity contribution in [3.05, 3.63) is 35.9 Å². The molecule has 0 radical (unpaired) electrons. The molecule has 0 saturated heterocycles. The Hall–Kier alpha value is -2.61. The van der Waals surface area contributed by atoms with Gasteiger partial charge in [-0.25, -0.2) is 4.79 Å². The summed E-state index contributed by atoms with van der Waals surface area (Å²) in [5, 5.41) is 11.3. The summed E-state index contributed by atoms with van der Waals surface area (Å²) < 4.78 is 10.7. The van der Waals surface area contributed by atoms with Gasteiger partial charge in [-0.2, -0.15) is 0 Å². The summed E-state index contributed by atoms with van der Waals surface area (Å²) in [4.78, 5) is 36.2. The molecule has 1 aromatic carbocycles. The van der Waals surface area contributed by atoms with Crippen LogP contribution in [0.5, 0.6) is 0 Å². The number of nitrogens with zero attached hydrogens (tertiary/aromatic N) is 1. The van der Waals surface area contributed by atoms with E-state index in [1.54, 1.807) is 20.8 Å². The second-order valence-electron chi connectivity index (χ2n) is 6.79. The molecule has 0 unspecified atom stereocenters. The number of benzene rings is 1. The molecule has 1 rings (SSSR count). The van der Waals surface area contributed by atoms with Gasteiger partial charge >= 0.3 is 12.1 Å². The van der Waals surface area contributed by atoms with Crippen molar-refractivity contribution in [3.8, 4) is 0 Å². The summed E-state index contributed by atoms with van der Waals surface area (Å²) >= 11 is 0. The fourth-order valence-electron chi connectivity index (χ4n) is 2.04. The molecule has 0 fully saturated rings. The van der Waals surface area contributed by atoms with Crippen molar-refractivity contribution in [2.45, 2.75) is 39.0 Å². The molecule has 0 heterocycles. The summed E-state index contributed by atoms with van der Waals surface area (Å²) in [6.45, 7) is 4.76. The number of aliphatic carboxylic acids is 1. The predicted molar refractivity (Wildman–Crippen MR) is 94.5 cm³/mol. The van der Waals surface area contributed by atoms with Gasteiger partial charge in [0.25, 0.3) is 0 Å². The van der Waals surface area contributed by atoms with E-state index >= 15 is 0 Å². The predicted octanol–water partition coefficient (Wildman–Crippen LogP) is 1.64. The third kappa shape index (κ3) is 8.48. The molecule has 0 aliphatic rings. The topological polar surface area (TPSA) is 105 Å². The van der Waals surface area contributed by atoms with Crippen LogP contribution in [0.1, 0.15) is 26.3 Å². The number of nitrogens with one attached hydrogen (secondary N) is 1. The van der Waals surface area contributed by atoms with Gasteiger partial charge in [-0.15, -0.1) is 0 Å². The number of amides is 2. The van der Waals surface area contributed by atoms with Gasteiger partial charge in [0, 0.05) is 7.05 Å². The van der Waals surface area contributed by atoms with E-state index in [2.05, 4.69) is 5.32 Å². The van der Waals surface area contributed by atoms with Gasteiger partial charge < -0.3 is 24.8 Å². The first kappa shape index (κ1) is 21.4. The zero-order chi connectivity index (χ0) is 19.7. The molecule has 26 heavy (non-hydrogen) atoms. The zero-order valence-corrected chi connectivity index (χ0v) is 15.5. The fraction of sp³-hybridized carbons (Fsp3) is 0.500. The average Bonchev–Trinajstić information content (AvgIpc) is 2.51. The van der Waals surface area contributed by atoms with Crippen LogP contribution in [0.4, 0.5) is 4.79 Å². The fourth-order valence-corrected chi connectivity index (χ4v) is 2.04. The number of carbonyl (C=O) groups is 3. The Bertz CT molecular complexity index is 612. The van der Waals surface area contributed by atoms with Gasteiger partial charge in [-0.05, 0) is 26.3 Å². The standard InChI is InChI=1S/C18H26N2O6/c1-18(2,3)26-17(24)19-14(16(23)20(4)10-15(21)22)12-25-11-13-8-6-5-7-9-13/h5-9,14H,10-12H2,1-4H3,(H,19,24)(H,21,22)/t14-/m0/s1. The van der Waals surface area contributed by atoms with E-state index in [1.807, 2.05) is 30.3 Å². The van der Waals surface area contributed by atoms with E-state index in [4.69, 9.17) is 14.6 Å². The van der Waals surface area contributed by atoms with E-state index in [1.165, 1.54) is 7.05 Å². The molecule has 2 amide bonds. The number of carbonyl (C=O) groups excluding carboxylic acids is 2. The zero-order valence-electron chi connectivity index (χ0n) is 15.5. The molecule has 0 aromatic heterocycles. The van der Waals surface area contributed by atoms with Crippen LogP contribution in [0.2, 0.25) is 0 Å². The lowest BCUT2D eigenvalue weighted by Gasteiger charge is -2.25. The molecule has 0 spiro atoms. The van der Waals surface area contributed by atoms with Crippen LogP contribution in [-0.2, 0) is 25.7 Å². The van der Waals surface area contributed by atoms with Crippen molar-refractivity contribution in [1.29, 1.82) is 0 Å². The molecule has 0 aliphatic heterocycles. The van der Waals surface area contributed by atoms with Crippen LogP contribution in [0.3, 0.4) is 0 Å². The second kappa shape index (κ2) is 9.76. The van der Waals surface area contributed by atoms with Gasteiger partial charge in [0.05, 0.1) is 13.2 Å². The average molecular weight is 366 g/mol. The molecule has 8 nitrogen and oxygen atoms in total. The first-order valence-electron chi connectivity index (χ1n) is 8.16. The Labute approximate surface area is 153 Å². The highest BCUT2D eigenvalue weighted by Gasteiger charge is 2.27. The quantitative estimate of drug-likeness (QED) is 0.725. The van der Waals surface area contributed by atoms with Gasteiger partial charge in [0.2, 0.25) is 5.91 Å². The Balaban J connectivity index is 2.71. The number of ether oxygens (including phenoxy) is 2. The van der Waals surface area contributed by atoms with E-state index in [-0.39, 0.29) is 13.2 Å². The number of carboxylic acid groups (broad SMARTS) is 1. The number of rotatable bonds is 8. The molecule has 0 aliphatic carbocycles. The molecular formula is C18H26N2O6. The van der Waals surface area contributed by atoms with Gasteiger partial charge in [-0.1, -0.05) is 30.3 Å². The maximum absolute atomic E-state index is 12.4. The summed E-state index contributed by atoms with van der Waals surface area (Å²) in [5.41, 5.74) is 0.185. The van der Waals surface area contributed by atoms with Crippen molar-refractivity contribution < 1.29 is 29.0 Å². The third-order valence-electron chi connectivity index (χ3n) is 3.13. The molecular weight excluding hydrogens is 340 g/mol. The first-order chi connectivity index (χ1) is 12.1. The Kier molecular flexibility index (Phi) is 8.05. The summed E-state index contributed by atoms with van der Waals surface area (Å²) in [6.07, 6.45) is -0.775. The van der Waals surface area contributed by atoms with Crippen molar-refractivity contribution in [2.75, 3.05) is 20.2 Å². The summed E-state index contributed by atoms with van der Waals surface area (Å²) in [5.74, 6) is -1.73. The van der Waals surface area contributed by atoms with Crippen molar-refractivity contribution in [1.82, 2.24) is 10.2 Å². The molecule has 144 valence electrons. The van der Waals surface area contributed by atoms with Crippen LogP contribution in [0.25, 0.3) is 0 Å².